The zero-order chi connectivity index (χ0) is 28.4. The number of nitrogens with zero attached hydrogens (tertiary/aromatic N) is 4. The topological polar surface area (TPSA) is 203 Å². The van der Waals surface area contributed by atoms with E-state index in [-0.39, 0.29) is 28.0 Å². The fraction of sp³-hybridized carbons (Fsp3) is 0.208. The highest BCUT2D eigenvalue weighted by Crippen LogP contribution is 2.41. The van der Waals surface area contributed by atoms with Gasteiger partial charge in [0.15, 0.2) is 29.0 Å². The molecule has 3 aromatic heterocycles. The number of allylic oxidation sites excluding steroid dienone is 1. The SMILES string of the molecule is Cc1oc(=O)oc1COC(=O)C1=C(/C=C\c2cccnc2)CS[C@@H]2[C@H](NC(=O)/C(=N\O)c3csc(N)n3)C(=O)N12. The van der Waals surface area contributed by atoms with E-state index in [1.165, 1.54) is 29.0 Å². The van der Waals surface area contributed by atoms with Crippen molar-refractivity contribution in [2.75, 3.05) is 11.5 Å². The summed E-state index contributed by atoms with van der Waals surface area (Å²) >= 11 is 2.37. The van der Waals surface area contributed by atoms with Crippen LogP contribution in [0.2, 0.25) is 0 Å². The van der Waals surface area contributed by atoms with Crippen molar-refractivity contribution in [1.82, 2.24) is 20.2 Å². The number of pyridine rings is 1. The minimum atomic E-state index is -1.02. The lowest BCUT2D eigenvalue weighted by Crippen LogP contribution is -2.71. The second-order valence-electron chi connectivity index (χ2n) is 8.38. The molecule has 0 bridgehead atoms. The van der Waals surface area contributed by atoms with Gasteiger partial charge in [-0.1, -0.05) is 23.4 Å². The van der Waals surface area contributed by atoms with Crippen LogP contribution in [0.25, 0.3) is 6.08 Å². The lowest BCUT2D eigenvalue weighted by molar-refractivity contribution is -0.153. The minimum absolute atomic E-state index is 0.0220. The molecule has 0 unspecified atom stereocenters. The van der Waals surface area contributed by atoms with Gasteiger partial charge in [0.25, 0.3) is 11.8 Å². The number of thiazole rings is 1. The molecule has 2 aliphatic heterocycles. The van der Waals surface area contributed by atoms with Crippen molar-refractivity contribution in [3.05, 3.63) is 80.6 Å². The number of nitrogens with one attached hydrogen (secondary N) is 1. The van der Waals surface area contributed by atoms with E-state index in [1.807, 2.05) is 6.07 Å². The molecule has 2 aliphatic rings. The Kier molecular flexibility index (Phi) is 7.52. The number of carbonyl (C=O) groups is 3. The van der Waals surface area contributed by atoms with E-state index in [0.29, 0.717) is 11.3 Å². The first-order valence-corrected chi connectivity index (χ1v) is 13.5. The van der Waals surface area contributed by atoms with Gasteiger partial charge in [-0.3, -0.25) is 19.5 Å². The molecule has 4 N–H and O–H groups in total. The molecule has 0 radical (unpaired) electrons. The largest absolute Gasteiger partial charge is 0.519 e. The third-order valence-electron chi connectivity index (χ3n) is 5.89. The smallest absolute Gasteiger partial charge is 0.453 e. The van der Waals surface area contributed by atoms with E-state index in [1.54, 1.807) is 30.6 Å². The molecule has 2 amide bonds. The molecular formula is C24H20N6O8S2. The van der Waals surface area contributed by atoms with Crippen LogP contribution in [0.5, 0.6) is 0 Å². The van der Waals surface area contributed by atoms with Crippen LogP contribution in [0.15, 0.2) is 66.0 Å². The maximum absolute atomic E-state index is 13.3. The lowest BCUT2D eigenvalue weighted by atomic mass is 10.0. The summed E-state index contributed by atoms with van der Waals surface area (Å²) in [6, 6.07) is 2.55. The molecule has 5 rings (SSSR count). The number of aromatic nitrogens is 2. The second-order valence-corrected chi connectivity index (χ2v) is 10.4. The summed E-state index contributed by atoms with van der Waals surface area (Å²) in [5, 5.41) is 15.9. The number of hydrogen-bond acceptors (Lipinski definition) is 14. The zero-order valence-corrected chi connectivity index (χ0v) is 22.2. The van der Waals surface area contributed by atoms with Crippen molar-refractivity contribution in [2.24, 2.45) is 5.16 Å². The fourth-order valence-electron chi connectivity index (χ4n) is 3.96. The van der Waals surface area contributed by atoms with Crippen molar-refractivity contribution < 1.29 is 33.2 Å². The van der Waals surface area contributed by atoms with Gasteiger partial charge in [-0.05, 0) is 24.1 Å². The van der Waals surface area contributed by atoms with E-state index in [9.17, 15) is 24.4 Å². The molecule has 0 spiro atoms. The van der Waals surface area contributed by atoms with Crippen molar-refractivity contribution >= 4 is 57.8 Å². The first-order valence-electron chi connectivity index (χ1n) is 11.5. The van der Waals surface area contributed by atoms with Gasteiger partial charge in [0.2, 0.25) is 0 Å². The van der Waals surface area contributed by atoms with Crippen LogP contribution >= 0.6 is 23.1 Å². The predicted molar refractivity (Wildman–Crippen MR) is 142 cm³/mol. The molecule has 1 saturated heterocycles. The van der Waals surface area contributed by atoms with Gasteiger partial charge < -0.3 is 29.8 Å². The maximum atomic E-state index is 13.3. The Bertz CT molecular complexity index is 1620. The van der Waals surface area contributed by atoms with Gasteiger partial charge in [0.1, 0.15) is 22.8 Å². The predicted octanol–water partition coefficient (Wildman–Crippen LogP) is 1.26. The molecule has 40 heavy (non-hydrogen) atoms. The van der Waals surface area contributed by atoms with Crippen LogP contribution in [-0.4, -0.2) is 60.7 Å². The highest BCUT2D eigenvalue weighted by atomic mass is 32.2. The van der Waals surface area contributed by atoms with Crippen LogP contribution < -0.4 is 16.9 Å². The monoisotopic (exact) mass is 584 g/mol. The number of amides is 2. The van der Waals surface area contributed by atoms with Crippen LogP contribution in [0.4, 0.5) is 5.13 Å². The molecule has 3 aromatic rings. The number of nitrogens with two attached hydrogens (primary N) is 1. The van der Waals surface area contributed by atoms with Crippen molar-refractivity contribution in [3.63, 3.8) is 0 Å². The van der Waals surface area contributed by atoms with Gasteiger partial charge in [0.05, 0.1) is 0 Å². The van der Waals surface area contributed by atoms with Crippen molar-refractivity contribution in [2.45, 2.75) is 24.9 Å². The number of rotatable bonds is 8. The van der Waals surface area contributed by atoms with Crippen LogP contribution in [-0.2, 0) is 25.7 Å². The molecule has 2 atom stereocenters. The molecule has 5 heterocycles. The number of thioether (sulfide) groups is 1. The van der Waals surface area contributed by atoms with E-state index in [0.717, 1.165) is 16.9 Å². The van der Waals surface area contributed by atoms with Crippen molar-refractivity contribution in [1.29, 1.82) is 0 Å². The first-order chi connectivity index (χ1) is 19.3. The molecule has 16 heteroatoms. The Morgan fingerprint density at radius 1 is 1.35 bits per heavy atom. The third kappa shape index (κ3) is 5.26. The average Bonchev–Trinajstić information content (AvgIpc) is 3.52. The Labute approximate surface area is 233 Å². The molecule has 0 aliphatic carbocycles. The number of anilines is 1. The number of β-lactam (4-membered cyclic amide) rings is 1. The Balaban J connectivity index is 1.38. The first kappa shape index (κ1) is 26.9. The summed E-state index contributed by atoms with van der Waals surface area (Å²) < 4.78 is 15.1. The Morgan fingerprint density at radius 2 is 2.17 bits per heavy atom. The number of aryl methyl sites for hydroxylation is 1. The van der Waals surface area contributed by atoms with Gasteiger partial charge >= 0.3 is 11.8 Å². The lowest BCUT2D eigenvalue weighted by Gasteiger charge is -2.49. The standard InChI is InChI=1S/C24H20N6O8S2/c1-11-15(38-24(34)37-11)8-36-22(33)18-13(5-4-12-3-2-6-26-7-12)9-39-21-17(20(32)30(18)21)28-19(31)16(29-35)14-10-40-23(25)27-14/h2-7,10,17,21,35H,8-9H2,1H3,(H2,25,27)(H,28,31)/b5-4-,29-16-/t17-,21-/m1/s1. The quantitative estimate of drug-likeness (QED) is 0.113. The van der Waals surface area contributed by atoms with Crippen LogP contribution in [0, 0.1) is 6.92 Å². The third-order valence-corrected chi connectivity index (χ3v) is 7.86. The van der Waals surface area contributed by atoms with E-state index >= 15 is 0 Å². The number of fused-ring (bicyclic) bond motifs is 1. The number of hydrogen-bond donors (Lipinski definition) is 3. The summed E-state index contributed by atoms with van der Waals surface area (Å²) in [4.78, 5) is 59.9. The molecule has 206 valence electrons. The maximum Gasteiger partial charge on any atom is 0.519 e. The summed E-state index contributed by atoms with van der Waals surface area (Å²) in [5.41, 5.74) is 6.48. The molecule has 1 fully saturated rings. The molecule has 14 nitrogen and oxygen atoms in total. The normalized spacial score (nSPS) is 19.0. The fourth-order valence-corrected chi connectivity index (χ4v) is 5.82. The van der Waals surface area contributed by atoms with Gasteiger partial charge in [-0.15, -0.1) is 23.1 Å². The summed E-state index contributed by atoms with van der Waals surface area (Å²) in [5.74, 6) is -2.70. The molecule has 0 saturated carbocycles. The van der Waals surface area contributed by atoms with Crippen LogP contribution in [0.3, 0.4) is 0 Å². The van der Waals surface area contributed by atoms with E-state index < -0.39 is 47.3 Å². The molecular weight excluding hydrogens is 564 g/mol. The number of oxime groups is 1. The highest BCUT2D eigenvalue weighted by Gasteiger charge is 2.54. The van der Waals surface area contributed by atoms with E-state index in [4.69, 9.17) is 19.3 Å². The van der Waals surface area contributed by atoms with Gasteiger partial charge in [-0.25, -0.2) is 14.6 Å². The Morgan fingerprint density at radius 3 is 2.83 bits per heavy atom. The zero-order valence-electron chi connectivity index (χ0n) is 20.6. The van der Waals surface area contributed by atoms with E-state index in [2.05, 4.69) is 20.4 Å². The second kappa shape index (κ2) is 11.2. The number of carbonyl (C=O) groups excluding carboxylic acids is 3. The Hall–Kier alpha value is -4.70. The average molecular weight is 585 g/mol. The van der Waals surface area contributed by atoms with Crippen molar-refractivity contribution in [3.8, 4) is 0 Å². The minimum Gasteiger partial charge on any atom is -0.453 e. The summed E-state index contributed by atoms with van der Waals surface area (Å²) in [6.07, 6.45) is 6.68. The summed E-state index contributed by atoms with van der Waals surface area (Å²) in [7, 11) is 0. The molecule has 0 aromatic carbocycles. The highest BCUT2D eigenvalue weighted by molar-refractivity contribution is 8.00. The van der Waals surface area contributed by atoms with Gasteiger partial charge in [0, 0.05) is 23.5 Å². The summed E-state index contributed by atoms with van der Waals surface area (Å²) in [6.45, 7) is 1.09. The number of esters is 1. The number of ether oxygens (including phenoxy) is 1. The van der Waals surface area contributed by atoms with Crippen LogP contribution in [0.1, 0.15) is 22.8 Å². The number of nitrogen functional groups attached to an aromatic ring is 1. The van der Waals surface area contributed by atoms with Gasteiger partial charge in [-0.2, -0.15) is 0 Å².